The largest absolute Gasteiger partial charge is 0.852 e. The van der Waals surface area contributed by atoms with E-state index in [1.807, 2.05) is 34.6 Å². The zero-order valence-electron chi connectivity index (χ0n) is 18.9. The Morgan fingerprint density at radius 1 is 0.385 bits per heavy atom. The first-order valence-corrected chi connectivity index (χ1v) is 9.64. The van der Waals surface area contributed by atoms with E-state index in [0.717, 1.165) is 32.1 Å². The van der Waals surface area contributed by atoms with Crippen LogP contribution < -0.4 is 25.5 Å². The molecule has 0 aromatic heterocycles. The minimum atomic E-state index is -0.366. The minimum absolute atomic E-state index is 0. The van der Waals surface area contributed by atoms with Crippen molar-refractivity contribution in [3.05, 3.63) is 0 Å². The van der Waals surface area contributed by atoms with Gasteiger partial charge >= 0.3 is 0 Å². The summed E-state index contributed by atoms with van der Waals surface area (Å²) < 4.78 is 0. The van der Waals surface area contributed by atoms with Gasteiger partial charge in [0.2, 0.25) is 0 Å². The van der Waals surface area contributed by atoms with Crippen LogP contribution in [0.3, 0.4) is 0 Å². The topological polar surface area (TPSA) is 115 Å². The van der Waals surface area contributed by atoms with Crippen LogP contribution in [0.2, 0.25) is 0 Å². The van der Waals surface area contributed by atoms with Crippen LogP contribution in [-0.2, 0) is 18.6 Å². The van der Waals surface area contributed by atoms with E-state index in [2.05, 4.69) is 0 Å². The third kappa shape index (κ3) is 124. The summed E-state index contributed by atoms with van der Waals surface area (Å²) in [5.74, 6) is 0. The van der Waals surface area contributed by atoms with Crippen molar-refractivity contribution in [1.29, 1.82) is 0 Å². The number of hydrogen-bond donors (Lipinski definition) is 0. The van der Waals surface area contributed by atoms with E-state index in [1.165, 1.54) is 0 Å². The van der Waals surface area contributed by atoms with Gasteiger partial charge in [-0.05, 0) is 0 Å². The first-order chi connectivity index (χ1) is 11.4. The monoisotopic (exact) mass is 416 g/mol. The van der Waals surface area contributed by atoms with Crippen molar-refractivity contribution in [3.8, 4) is 0 Å². The second-order valence-electron chi connectivity index (χ2n) is 6.09. The molecule has 0 aromatic carbocycles. The first kappa shape index (κ1) is 40.9. The molecule has 0 saturated heterocycles. The predicted octanol–water partition coefficient (Wildman–Crippen LogP) is 0.724. The van der Waals surface area contributed by atoms with Crippen LogP contribution in [0.15, 0.2) is 0 Å². The third-order valence-corrected chi connectivity index (χ3v) is 2.87. The molecule has 0 rings (SSSR count). The molecule has 6 heteroatoms. The van der Waals surface area contributed by atoms with Crippen molar-refractivity contribution in [3.63, 3.8) is 0 Å². The molecular formula is C20H45O5V-5. The Labute approximate surface area is 176 Å². The van der Waals surface area contributed by atoms with Crippen molar-refractivity contribution in [2.24, 2.45) is 0 Å². The predicted molar refractivity (Wildman–Crippen MR) is 98.8 cm³/mol. The molecule has 0 aliphatic carbocycles. The van der Waals surface area contributed by atoms with E-state index in [0.29, 0.717) is 0 Å². The second kappa shape index (κ2) is 36.3. The van der Waals surface area contributed by atoms with Gasteiger partial charge in [-0.3, -0.25) is 0 Å². The summed E-state index contributed by atoms with van der Waals surface area (Å²) in [7, 11) is 0. The molecule has 0 aliphatic heterocycles. The Hall–Kier alpha value is 0.384. The van der Waals surface area contributed by atoms with Crippen LogP contribution in [0, 0.1) is 0 Å². The zero-order valence-corrected chi connectivity index (χ0v) is 20.3. The van der Waals surface area contributed by atoms with Gasteiger partial charge in [0.25, 0.3) is 0 Å². The van der Waals surface area contributed by atoms with Crippen LogP contribution in [0.4, 0.5) is 0 Å². The van der Waals surface area contributed by atoms with Gasteiger partial charge in [-0.2, -0.15) is 0 Å². The maximum atomic E-state index is 9.90. The van der Waals surface area contributed by atoms with Crippen LogP contribution >= 0.6 is 0 Å². The molecule has 5 atom stereocenters. The van der Waals surface area contributed by atoms with Crippen LogP contribution in [0.25, 0.3) is 0 Å². The SMILES string of the molecule is CCC(C)[O-].CCC(C)[O-].CCC(C)[O-].CCC(C)[O-].CCC(C)[O-].[V]. The fourth-order valence-corrected chi connectivity index (χ4v) is 0. The quantitative estimate of drug-likeness (QED) is 0.655. The minimum Gasteiger partial charge on any atom is -0.852 e. The van der Waals surface area contributed by atoms with E-state index < -0.39 is 0 Å². The van der Waals surface area contributed by atoms with E-state index in [1.54, 1.807) is 34.6 Å². The van der Waals surface area contributed by atoms with Crippen LogP contribution in [-0.4, -0.2) is 30.5 Å². The fraction of sp³-hybridized carbons (Fsp3) is 1.00. The van der Waals surface area contributed by atoms with E-state index in [4.69, 9.17) is 0 Å². The molecule has 0 fully saturated rings. The Morgan fingerprint density at radius 3 is 0.423 bits per heavy atom. The summed E-state index contributed by atoms with van der Waals surface area (Å²) in [5, 5.41) is 49.5. The molecule has 0 heterocycles. The summed E-state index contributed by atoms with van der Waals surface area (Å²) in [5.41, 5.74) is 0. The Balaban J connectivity index is -0.0000000476. The maximum Gasteiger partial charge on any atom is 0 e. The van der Waals surface area contributed by atoms with Crippen molar-refractivity contribution in [2.75, 3.05) is 0 Å². The Kier molecular flexibility index (Phi) is 57.2. The summed E-state index contributed by atoms with van der Waals surface area (Å²) in [4.78, 5) is 0. The van der Waals surface area contributed by atoms with Crippen molar-refractivity contribution < 1.29 is 44.1 Å². The number of hydrogen-bond acceptors (Lipinski definition) is 5. The molecular weight excluding hydrogens is 371 g/mol. The first-order valence-electron chi connectivity index (χ1n) is 9.64. The van der Waals surface area contributed by atoms with Gasteiger partial charge in [-0.1, -0.05) is 101 Å². The molecule has 0 saturated carbocycles. The van der Waals surface area contributed by atoms with Gasteiger partial charge in [0.05, 0.1) is 0 Å². The summed E-state index contributed by atoms with van der Waals surface area (Å²) >= 11 is 0. The molecule has 0 spiro atoms. The van der Waals surface area contributed by atoms with Crippen LogP contribution in [0.5, 0.6) is 0 Å². The van der Waals surface area contributed by atoms with E-state index in [-0.39, 0.29) is 49.1 Å². The van der Waals surface area contributed by atoms with Crippen molar-refractivity contribution in [1.82, 2.24) is 0 Å². The van der Waals surface area contributed by atoms with Crippen molar-refractivity contribution >= 4 is 0 Å². The van der Waals surface area contributed by atoms with Gasteiger partial charge in [0, 0.05) is 18.6 Å². The molecule has 0 aromatic rings. The Morgan fingerprint density at radius 2 is 0.423 bits per heavy atom. The fourth-order valence-electron chi connectivity index (χ4n) is 0. The molecule has 0 N–H and O–H groups in total. The number of rotatable bonds is 5. The molecule has 0 bridgehead atoms. The van der Waals surface area contributed by atoms with Crippen molar-refractivity contribution in [2.45, 2.75) is 132 Å². The van der Waals surface area contributed by atoms with Gasteiger partial charge in [-0.25, -0.2) is 0 Å². The molecule has 1 radical (unpaired) electrons. The molecule has 5 nitrogen and oxygen atoms in total. The zero-order chi connectivity index (χ0) is 21.4. The molecule has 0 amide bonds. The maximum absolute atomic E-state index is 9.90. The second-order valence-corrected chi connectivity index (χ2v) is 6.09. The third-order valence-electron chi connectivity index (χ3n) is 2.87. The van der Waals surface area contributed by atoms with E-state index in [9.17, 15) is 25.5 Å². The molecule has 26 heavy (non-hydrogen) atoms. The van der Waals surface area contributed by atoms with Gasteiger partial charge in [0.15, 0.2) is 0 Å². The van der Waals surface area contributed by atoms with Gasteiger partial charge in [-0.15, -0.1) is 30.5 Å². The smallest absolute Gasteiger partial charge is 0 e. The van der Waals surface area contributed by atoms with Crippen LogP contribution in [0.1, 0.15) is 101 Å². The van der Waals surface area contributed by atoms with Gasteiger partial charge in [0.1, 0.15) is 0 Å². The average Bonchev–Trinajstić information content (AvgIpc) is 2.56. The molecule has 165 valence electrons. The average molecular weight is 417 g/mol. The summed E-state index contributed by atoms with van der Waals surface area (Å²) in [6, 6.07) is 0. The van der Waals surface area contributed by atoms with E-state index >= 15 is 0 Å². The summed E-state index contributed by atoms with van der Waals surface area (Å²) in [6.45, 7) is 17.8. The Bertz CT molecular complexity index is 141. The summed E-state index contributed by atoms with van der Waals surface area (Å²) in [6.07, 6.45) is 1.92. The molecule has 0 aliphatic rings. The van der Waals surface area contributed by atoms with Gasteiger partial charge < -0.3 is 25.5 Å². The normalized spacial score (nSPS) is 14.4. The standard InChI is InChI=1S/5C4H9O.V/c5*1-3-4(2)5;/h5*4H,3H2,1-2H3;/q5*-1;. The molecule has 5 unspecified atom stereocenters.